The van der Waals surface area contributed by atoms with Gasteiger partial charge in [0.15, 0.2) is 5.84 Å². The summed E-state index contributed by atoms with van der Waals surface area (Å²) >= 11 is 0. The second kappa shape index (κ2) is 4.47. The van der Waals surface area contributed by atoms with Gasteiger partial charge < -0.3 is 15.7 Å². The Hall–Kier alpha value is -1.55. The van der Waals surface area contributed by atoms with Gasteiger partial charge in [-0.2, -0.15) is 0 Å². The van der Waals surface area contributed by atoms with Crippen molar-refractivity contribution in [2.24, 2.45) is 10.9 Å². The van der Waals surface area contributed by atoms with Crippen LogP contribution in [0.4, 0.5) is 0 Å². The number of ether oxygens (including phenoxy) is 1. The highest BCUT2D eigenvalue weighted by molar-refractivity contribution is 5.97. The lowest BCUT2D eigenvalue weighted by Crippen LogP contribution is -2.13. The molecule has 3 N–H and O–H groups in total. The highest BCUT2D eigenvalue weighted by atomic mass is 16.5. The zero-order valence-electron chi connectivity index (χ0n) is 7.40. The molecule has 0 aliphatic heterocycles. The standard InChI is InChI=1S/C9H12N2O2/c1-13-6-7-3-2-4-8(5-7)9(10)11-12/h2-5,12H,6H2,1H3,(H2,10,11). The quantitative estimate of drug-likeness (QED) is 0.314. The highest BCUT2D eigenvalue weighted by Crippen LogP contribution is 2.05. The first-order valence-corrected chi connectivity index (χ1v) is 3.83. The van der Waals surface area contributed by atoms with E-state index in [4.69, 9.17) is 15.7 Å². The summed E-state index contributed by atoms with van der Waals surface area (Å²) < 4.78 is 4.95. The van der Waals surface area contributed by atoms with Crippen molar-refractivity contribution < 1.29 is 9.94 Å². The van der Waals surface area contributed by atoms with E-state index in [0.717, 1.165) is 5.56 Å². The number of benzene rings is 1. The normalized spacial score (nSPS) is 11.6. The van der Waals surface area contributed by atoms with Crippen LogP contribution in [-0.2, 0) is 11.3 Å². The van der Waals surface area contributed by atoms with E-state index in [0.29, 0.717) is 12.2 Å². The Bertz CT molecular complexity index is 310. The van der Waals surface area contributed by atoms with Crippen molar-refractivity contribution in [3.8, 4) is 0 Å². The van der Waals surface area contributed by atoms with Crippen molar-refractivity contribution in [2.75, 3.05) is 7.11 Å². The fraction of sp³-hybridized carbons (Fsp3) is 0.222. The SMILES string of the molecule is COCc1cccc(/C(N)=N/O)c1. The smallest absolute Gasteiger partial charge is 0.170 e. The largest absolute Gasteiger partial charge is 0.409 e. The summed E-state index contributed by atoms with van der Waals surface area (Å²) in [6, 6.07) is 7.34. The average molecular weight is 180 g/mol. The molecule has 0 heterocycles. The third kappa shape index (κ3) is 2.45. The van der Waals surface area contributed by atoms with E-state index in [9.17, 15) is 0 Å². The van der Waals surface area contributed by atoms with Crippen LogP contribution in [0.15, 0.2) is 29.4 Å². The molecule has 1 aromatic carbocycles. The second-order valence-electron chi connectivity index (χ2n) is 2.62. The van der Waals surface area contributed by atoms with Gasteiger partial charge >= 0.3 is 0 Å². The van der Waals surface area contributed by atoms with E-state index < -0.39 is 0 Å². The number of oxime groups is 1. The van der Waals surface area contributed by atoms with Crippen LogP contribution in [-0.4, -0.2) is 18.2 Å². The minimum atomic E-state index is 0.109. The minimum Gasteiger partial charge on any atom is -0.409 e. The first-order chi connectivity index (χ1) is 6.27. The first-order valence-electron chi connectivity index (χ1n) is 3.83. The van der Waals surface area contributed by atoms with Crippen molar-refractivity contribution in [3.63, 3.8) is 0 Å². The lowest BCUT2D eigenvalue weighted by Gasteiger charge is -2.02. The number of amidine groups is 1. The van der Waals surface area contributed by atoms with Crippen molar-refractivity contribution in [3.05, 3.63) is 35.4 Å². The molecular weight excluding hydrogens is 168 g/mol. The first kappa shape index (κ1) is 9.54. The van der Waals surface area contributed by atoms with Gasteiger partial charge in [0.25, 0.3) is 0 Å². The van der Waals surface area contributed by atoms with Gasteiger partial charge in [0, 0.05) is 12.7 Å². The molecule has 0 spiro atoms. The monoisotopic (exact) mass is 180 g/mol. The molecule has 13 heavy (non-hydrogen) atoms. The Labute approximate surface area is 76.6 Å². The lowest BCUT2D eigenvalue weighted by molar-refractivity contribution is 0.185. The molecule has 0 aliphatic carbocycles. The summed E-state index contributed by atoms with van der Waals surface area (Å²) in [4.78, 5) is 0. The Balaban J connectivity index is 2.91. The highest BCUT2D eigenvalue weighted by Gasteiger charge is 1.99. The van der Waals surface area contributed by atoms with Crippen LogP contribution >= 0.6 is 0 Å². The van der Waals surface area contributed by atoms with Gasteiger partial charge in [0.05, 0.1) is 6.61 Å². The predicted molar refractivity (Wildman–Crippen MR) is 49.7 cm³/mol. The molecule has 0 aromatic heterocycles. The lowest BCUT2D eigenvalue weighted by atomic mass is 10.1. The molecule has 0 amide bonds. The maximum Gasteiger partial charge on any atom is 0.170 e. The Morgan fingerprint density at radius 1 is 1.62 bits per heavy atom. The number of hydrogen-bond acceptors (Lipinski definition) is 3. The molecule has 0 radical (unpaired) electrons. The fourth-order valence-corrected chi connectivity index (χ4v) is 1.04. The van der Waals surface area contributed by atoms with Crippen LogP contribution in [0, 0.1) is 0 Å². The molecule has 0 saturated heterocycles. The maximum atomic E-state index is 8.44. The molecule has 1 rings (SSSR count). The summed E-state index contributed by atoms with van der Waals surface area (Å²) in [7, 11) is 1.62. The van der Waals surface area contributed by atoms with E-state index >= 15 is 0 Å². The summed E-state index contributed by atoms with van der Waals surface area (Å²) in [5, 5.41) is 11.4. The van der Waals surface area contributed by atoms with E-state index in [2.05, 4.69) is 5.16 Å². The van der Waals surface area contributed by atoms with Gasteiger partial charge in [0.1, 0.15) is 0 Å². The van der Waals surface area contributed by atoms with Gasteiger partial charge in [0.2, 0.25) is 0 Å². The number of hydrogen-bond donors (Lipinski definition) is 2. The molecule has 0 bridgehead atoms. The van der Waals surface area contributed by atoms with Crippen LogP contribution < -0.4 is 5.73 Å². The Morgan fingerprint density at radius 2 is 2.38 bits per heavy atom. The van der Waals surface area contributed by atoms with Gasteiger partial charge in [-0.15, -0.1) is 0 Å². The van der Waals surface area contributed by atoms with Crippen molar-refractivity contribution in [1.29, 1.82) is 0 Å². The number of rotatable bonds is 3. The summed E-state index contributed by atoms with van der Waals surface area (Å²) in [5.74, 6) is 0.109. The summed E-state index contributed by atoms with van der Waals surface area (Å²) in [6.45, 7) is 0.520. The van der Waals surface area contributed by atoms with Crippen LogP contribution in [0.25, 0.3) is 0 Å². The molecule has 0 aliphatic rings. The van der Waals surface area contributed by atoms with Crippen molar-refractivity contribution in [2.45, 2.75) is 6.61 Å². The number of methoxy groups -OCH3 is 1. The molecule has 70 valence electrons. The molecule has 0 unspecified atom stereocenters. The molecular formula is C9H12N2O2. The van der Waals surface area contributed by atoms with Crippen LogP contribution in [0.1, 0.15) is 11.1 Å². The molecule has 1 aromatic rings. The number of nitrogens with zero attached hydrogens (tertiary/aromatic N) is 1. The van der Waals surface area contributed by atoms with Crippen LogP contribution in [0.2, 0.25) is 0 Å². The molecule has 0 saturated carbocycles. The Morgan fingerprint density at radius 3 is 3.00 bits per heavy atom. The maximum absolute atomic E-state index is 8.44. The van der Waals surface area contributed by atoms with Gasteiger partial charge in [-0.1, -0.05) is 23.4 Å². The second-order valence-corrected chi connectivity index (χ2v) is 2.62. The minimum absolute atomic E-state index is 0.109. The number of nitrogens with two attached hydrogens (primary N) is 1. The third-order valence-electron chi connectivity index (χ3n) is 1.64. The van der Waals surface area contributed by atoms with Gasteiger partial charge in [-0.25, -0.2) is 0 Å². The zero-order chi connectivity index (χ0) is 9.68. The molecule has 0 atom stereocenters. The molecule has 0 fully saturated rings. The van der Waals surface area contributed by atoms with E-state index in [1.807, 2.05) is 18.2 Å². The topological polar surface area (TPSA) is 67.8 Å². The third-order valence-corrected chi connectivity index (χ3v) is 1.64. The summed E-state index contributed by atoms with van der Waals surface area (Å²) in [5.41, 5.74) is 7.10. The average Bonchev–Trinajstić information content (AvgIpc) is 2.18. The van der Waals surface area contributed by atoms with E-state index in [-0.39, 0.29) is 5.84 Å². The van der Waals surface area contributed by atoms with E-state index in [1.54, 1.807) is 13.2 Å². The molecule has 4 nitrogen and oxygen atoms in total. The van der Waals surface area contributed by atoms with Crippen molar-refractivity contribution >= 4 is 5.84 Å². The Kier molecular flexibility index (Phi) is 3.28. The van der Waals surface area contributed by atoms with E-state index in [1.165, 1.54) is 0 Å². The predicted octanol–water partition coefficient (Wildman–Crippen LogP) is 0.928. The van der Waals surface area contributed by atoms with Gasteiger partial charge in [-0.05, 0) is 11.6 Å². The summed E-state index contributed by atoms with van der Waals surface area (Å²) in [6.07, 6.45) is 0. The van der Waals surface area contributed by atoms with Crippen LogP contribution in [0.3, 0.4) is 0 Å². The van der Waals surface area contributed by atoms with Crippen LogP contribution in [0.5, 0.6) is 0 Å². The zero-order valence-corrected chi connectivity index (χ0v) is 7.40. The fourth-order valence-electron chi connectivity index (χ4n) is 1.04. The van der Waals surface area contributed by atoms with Crippen molar-refractivity contribution in [1.82, 2.24) is 0 Å². The molecule has 4 heteroatoms. The van der Waals surface area contributed by atoms with Gasteiger partial charge in [-0.3, -0.25) is 0 Å².